The highest BCUT2D eigenvalue weighted by Gasteiger charge is 2.28. The van der Waals surface area contributed by atoms with Crippen LogP contribution in [-0.2, 0) is 0 Å². The Morgan fingerprint density at radius 3 is 2.63 bits per heavy atom. The van der Waals surface area contributed by atoms with E-state index in [9.17, 15) is 14.3 Å². The van der Waals surface area contributed by atoms with E-state index in [1.165, 1.54) is 10.9 Å². The molecule has 0 spiro atoms. The van der Waals surface area contributed by atoms with Crippen molar-refractivity contribution in [2.45, 2.75) is 33.3 Å². The zero-order chi connectivity index (χ0) is 21.4. The number of carbonyl (C=O) groups excluding carboxylic acids is 1. The first kappa shape index (κ1) is 20.0. The number of anilines is 2. The van der Waals surface area contributed by atoms with Gasteiger partial charge in [0.05, 0.1) is 23.6 Å². The second-order valence-electron chi connectivity index (χ2n) is 7.63. The van der Waals surface area contributed by atoms with E-state index >= 15 is 0 Å². The molecule has 0 bridgehead atoms. The predicted octanol–water partition coefficient (Wildman–Crippen LogP) is 2.68. The molecule has 4 rings (SSSR count). The van der Waals surface area contributed by atoms with E-state index in [2.05, 4.69) is 20.4 Å². The third kappa shape index (κ3) is 4.02. The number of aliphatic hydroxyl groups excluding tert-OH is 1. The Labute approximate surface area is 173 Å². The van der Waals surface area contributed by atoms with Crippen LogP contribution in [0.1, 0.15) is 33.6 Å². The van der Waals surface area contributed by atoms with Crippen molar-refractivity contribution in [1.29, 1.82) is 0 Å². The van der Waals surface area contributed by atoms with E-state index in [-0.39, 0.29) is 24.2 Å². The summed E-state index contributed by atoms with van der Waals surface area (Å²) in [6.45, 7) is 6.43. The number of likely N-dealkylation sites (tertiary alicyclic amines) is 1. The highest BCUT2D eigenvalue weighted by atomic mass is 19.1. The van der Waals surface area contributed by atoms with Gasteiger partial charge in [-0.15, -0.1) is 0 Å². The molecule has 1 fully saturated rings. The molecule has 0 saturated carbocycles. The molecular formula is C21H23FN6O2. The summed E-state index contributed by atoms with van der Waals surface area (Å²) < 4.78 is 15.7. The largest absolute Gasteiger partial charge is 0.391 e. The number of hydrogen-bond donors (Lipinski definition) is 2. The lowest BCUT2D eigenvalue weighted by molar-refractivity contribution is 0.0764. The van der Waals surface area contributed by atoms with Gasteiger partial charge in [0, 0.05) is 25.0 Å². The molecule has 1 saturated heterocycles. The molecule has 1 atom stereocenters. The van der Waals surface area contributed by atoms with Crippen molar-refractivity contribution in [3.63, 3.8) is 0 Å². The zero-order valence-corrected chi connectivity index (χ0v) is 17.1. The van der Waals surface area contributed by atoms with Crippen LogP contribution in [0, 0.1) is 26.6 Å². The summed E-state index contributed by atoms with van der Waals surface area (Å²) in [5, 5.41) is 17.0. The summed E-state index contributed by atoms with van der Waals surface area (Å²) >= 11 is 0. The maximum absolute atomic E-state index is 14.5. The van der Waals surface area contributed by atoms with Crippen molar-refractivity contribution in [1.82, 2.24) is 24.6 Å². The number of aryl methyl sites for hydroxylation is 3. The zero-order valence-electron chi connectivity index (χ0n) is 17.1. The van der Waals surface area contributed by atoms with Gasteiger partial charge in [-0.05, 0) is 50.5 Å². The second-order valence-corrected chi connectivity index (χ2v) is 7.63. The number of hydrogen-bond acceptors (Lipinski definition) is 6. The van der Waals surface area contributed by atoms with E-state index in [4.69, 9.17) is 0 Å². The van der Waals surface area contributed by atoms with Crippen LogP contribution in [-0.4, -0.2) is 54.9 Å². The molecule has 2 N–H and O–H groups in total. The normalized spacial score (nSPS) is 16.2. The number of rotatable bonds is 4. The van der Waals surface area contributed by atoms with Crippen molar-refractivity contribution >= 4 is 17.5 Å². The number of amides is 1. The SMILES string of the molecule is Cc1cc(C)cc(Nc2ncc(F)c(-n3cc(C(=O)N4CCC(O)C4)c(C)n3)n2)c1. The Morgan fingerprint density at radius 2 is 1.97 bits per heavy atom. The number of carbonyl (C=O) groups is 1. The van der Waals surface area contributed by atoms with Crippen LogP contribution < -0.4 is 5.32 Å². The number of halogens is 1. The lowest BCUT2D eigenvalue weighted by Gasteiger charge is -2.14. The van der Waals surface area contributed by atoms with Crippen molar-refractivity contribution < 1.29 is 14.3 Å². The maximum Gasteiger partial charge on any atom is 0.257 e. The lowest BCUT2D eigenvalue weighted by Crippen LogP contribution is -2.29. The van der Waals surface area contributed by atoms with Crippen LogP contribution in [0.4, 0.5) is 16.0 Å². The van der Waals surface area contributed by atoms with Crippen molar-refractivity contribution in [3.8, 4) is 5.82 Å². The minimum absolute atomic E-state index is 0.0551. The first-order valence-electron chi connectivity index (χ1n) is 9.72. The van der Waals surface area contributed by atoms with Gasteiger partial charge in [-0.2, -0.15) is 10.1 Å². The Bertz CT molecular complexity index is 1090. The van der Waals surface area contributed by atoms with Gasteiger partial charge >= 0.3 is 0 Å². The highest BCUT2D eigenvalue weighted by Crippen LogP contribution is 2.21. The number of nitrogens with zero attached hydrogens (tertiary/aromatic N) is 5. The fourth-order valence-corrected chi connectivity index (χ4v) is 3.63. The van der Waals surface area contributed by atoms with E-state index < -0.39 is 11.9 Å². The Hall–Kier alpha value is -3.33. The highest BCUT2D eigenvalue weighted by molar-refractivity contribution is 5.95. The summed E-state index contributed by atoms with van der Waals surface area (Å²) in [6.07, 6.45) is 2.58. The molecule has 8 nitrogen and oxygen atoms in total. The average Bonchev–Trinajstić information content (AvgIpc) is 3.28. The number of benzene rings is 1. The average molecular weight is 410 g/mol. The van der Waals surface area contributed by atoms with Crippen molar-refractivity contribution in [2.75, 3.05) is 18.4 Å². The van der Waals surface area contributed by atoms with Gasteiger partial charge in [0.1, 0.15) is 0 Å². The number of aromatic nitrogens is 4. The summed E-state index contributed by atoms with van der Waals surface area (Å²) in [7, 11) is 0. The Morgan fingerprint density at radius 1 is 1.23 bits per heavy atom. The molecule has 0 radical (unpaired) electrons. The van der Waals surface area contributed by atoms with Gasteiger partial charge in [0.2, 0.25) is 5.95 Å². The maximum atomic E-state index is 14.5. The van der Waals surface area contributed by atoms with Crippen LogP contribution >= 0.6 is 0 Å². The van der Waals surface area contributed by atoms with Crippen LogP contribution in [0.3, 0.4) is 0 Å². The van der Waals surface area contributed by atoms with Gasteiger partial charge in [0.25, 0.3) is 5.91 Å². The topological polar surface area (TPSA) is 96.2 Å². The van der Waals surface area contributed by atoms with Gasteiger partial charge in [-0.25, -0.2) is 14.1 Å². The molecule has 1 aliphatic rings. The van der Waals surface area contributed by atoms with Crippen LogP contribution in [0.5, 0.6) is 0 Å². The number of aliphatic hydroxyl groups is 1. The smallest absolute Gasteiger partial charge is 0.257 e. The van der Waals surface area contributed by atoms with Crippen molar-refractivity contribution in [3.05, 3.63) is 58.8 Å². The first-order valence-corrected chi connectivity index (χ1v) is 9.72. The molecule has 3 heterocycles. The van der Waals surface area contributed by atoms with Gasteiger partial charge < -0.3 is 15.3 Å². The molecule has 2 aromatic heterocycles. The third-order valence-corrected chi connectivity index (χ3v) is 5.00. The Balaban J connectivity index is 1.62. The fourth-order valence-electron chi connectivity index (χ4n) is 3.63. The summed E-state index contributed by atoms with van der Waals surface area (Å²) in [6, 6.07) is 5.93. The molecular weight excluding hydrogens is 387 g/mol. The Kier molecular flexibility index (Phi) is 5.21. The minimum Gasteiger partial charge on any atom is -0.391 e. The molecule has 1 amide bonds. The summed E-state index contributed by atoms with van der Waals surface area (Å²) in [5.41, 5.74) is 3.77. The van der Waals surface area contributed by atoms with Crippen LogP contribution in [0.2, 0.25) is 0 Å². The molecule has 3 aromatic rings. The first-order chi connectivity index (χ1) is 14.3. The molecule has 30 heavy (non-hydrogen) atoms. The van der Waals surface area contributed by atoms with Gasteiger partial charge in [0.15, 0.2) is 11.6 Å². The number of nitrogens with one attached hydrogen (secondary N) is 1. The molecule has 156 valence electrons. The fraction of sp³-hybridized carbons (Fsp3) is 0.333. The quantitative estimate of drug-likeness (QED) is 0.687. The van der Waals surface area contributed by atoms with Crippen LogP contribution in [0.15, 0.2) is 30.6 Å². The minimum atomic E-state index is -0.654. The van der Waals surface area contributed by atoms with E-state index in [0.29, 0.717) is 24.2 Å². The van der Waals surface area contributed by atoms with E-state index in [1.807, 2.05) is 32.0 Å². The summed E-state index contributed by atoms with van der Waals surface area (Å²) in [4.78, 5) is 22.6. The lowest BCUT2D eigenvalue weighted by atomic mass is 10.1. The molecule has 1 unspecified atom stereocenters. The van der Waals surface area contributed by atoms with Gasteiger partial charge in [-0.3, -0.25) is 4.79 Å². The summed E-state index contributed by atoms with van der Waals surface area (Å²) in [5.74, 6) is -0.724. The number of β-amino-alcohol motifs (C(OH)–C–C–N with tert-alkyl or cyclic N) is 1. The molecule has 9 heteroatoms. The van der Waals surface area contributed by atoms with E-state index in [0.717, 1.165) is 23.0 Å². The molecule has 1 aromatic carbocycles. The third-order valence-electron chi connectivity index (χ3n) is 5.00. The van der Waals surface area contributed by atoms with Crippen LogP contribution in [0.25, 0.3) is 5.82 Å². The second kappa shape index (κ2) is 7.83. The van der Waals surface area contributed by atoms with E-state index in [1.54, 1.807) is 11.8 Å². The standard InChI is InChI=1S/C21H23FN6O2/c1-12-6-13(2)8-15(7-12)24-21-23-9-18(22)19(25-21)28-11-17(14(3)26-28)20(30)27-5-4-16(29)10-27/h6-9,11,16,29H,4-5,10H2,1-3H3,(H,23,24,25). The van der Waals surface area contributed by atoms with Crippen molar-refractivity contribution in [2.24, 2.45) is 0 Å². The molecule has 0 aliphatic carbocycles. The predicted molar refractivity (Wildman–Crippen MR) is 110 cm³/mol. The monoisotopic (exact) mass is 410 g/mol. The molecule has 1 aliphatic heterocycles. The van der Waals surface area contributed by atoms with Gasteiger partial charge in [-0.1, -0.05) is 6.07 Å².